The number of aliphatic hydroxyl groups is 1. The van der Waals surface area contributed by atoms with Gasteiger partial charge in [-0.25, -0.2) is 0 Å². The number of rotatable bonds is 8. The van der Waals surface area contributed by atoms with E-state index in [1.54, 1.807) is 25.4 Å². The molecular weight excluding hydrogens is 392 g/mol. The van der Waals surface area contributed by atoms with Crippen LogP contribution < -0.4 is 21.1 Å². The first-order chi connectivity index (χ1) is 14.0. The molecule has 7 nitrogen and oxygen atoms in total. The maximum Gasteiger partial charge on any atom is 0.250 e. The molecule has 0 aliphatic rings. The molecule has 0 aliphatic carbocycles. The van der Waals surface area contributed by atoms with Gasteiger partial charge in [-0.2, -0.15) is 0 Å². The molecular formula is C21H23ClN4O3. The van der Waals surface area contributed by atoms with Gasteiger partial charge in [0.2, 0.25) is 0 Å². The van der Waals surface area contributed by atoms with Crippen molar-refractivity contribution in [3.63, 3.8) is 0 Å². The van der Waals surface area contributed by atoms with E-state index in [9.17, 15) is 9.90 Å². The molecule has 29 heavy (non-hydrogen) atoms. The van der Waals surface area contributed by atoms with E-state index in [1.807, 2.05) is 31.3 Å². The molecule has 1 aromatic heterocycles. The minimum Gasteiger partial charge on any atom is -0.495 e. The van der Waals surface area contributed by atoms with E-state index in [2.05, 4.69) is 15.6 Å². The van der Waals surface area contributed by atoms with Crippen LogP contribution in [0.3, 0.4) is 0 Å². The number of methoxy groups -OCH3 is 1. The van der Waals surface area contributed by atoms with Crippen molar-refractivity contribution in [2.24, 2.45) is 5.73 Å². The number of hydrogen-bond acceptors (Lipinski definition) is 6. The third kappa shape index (κ3) is 4.27. The fraction of sp³-hybridized carbons (Fsp3) is 0.238. The van der Waals surface area contributed by atoms with Crippen molar-refractivity contribution >= 4 is 34.1 Å². The lowest BCUT2D eigenvalue weighted by molar-refractivity contribution is 0.100. The third-order valence-corrected chi connectivity index (χ3v) is 5.01. The molecule has 2 aromatic carbocycles. The predicted molar refractivity (Wildman–Crippen MR) is 114 cm³/mol. The number of aromatic nitrogens is 1. The fourth-order valence-electron chi connectivity index (χ4n) is 3.28. The summed E-state index contributed by atoms with van der Waals surface area (Å²) in [4.78, 5) is 16.1. The van der Waals surface area contributed by atoms with E-state index in [0.29, 0.717) is 45.0 Å². The van der Waals surface area contributed by atoms with Crippen molar-refractivity contribution in [2.75, 3.05) is 26.0 Å². The number of ether oxygens (including phenoxy) is 1. The van der Waals surface area contributed by atoms with E-state index >= 15 is 0 Å². The minimum absolute atomic E-state index is 0.170. The number of nitrogens with zero attached hydrogens (tertiary/aromatic N) is 1. The van der Waals surface area contributed by atoms with Gasteiger partial charge in [-0.15, -0.1) is 0 Å². The van der Waals surface area contributed by atoms with Gasteiger partial charge in [0, 0.05) is 23.7 Å². The van der Waals surface area contributed by atoms with E-state index in [-0.39, 0.29) is 12.6 Å². The number of halogens is 1. The number of carbonyl (C=O) groups is 1. The van der Waals surface area contributed by atoms with Gasteiger partial charge in [-0.3, -0.25) is 9.78 Å². The van der Waals surface area contributed by atoms with Crippen molar-refractivity contribution < 1.29 is 14.6 Å². The molecule has 0 bridgehead atoms. The van der Waals surface area contributed by atoms with Crippen LogP contribution >= 0.6 is 11.6 Å². The highest BCUT2D eigenvalue weighted by Gasteiger charge is 2.18. The summed E-state index contributed by atoms with van der Waals surface area (Å²) in [5.74, 6) is 0.0367. The molecule has 0 spiro atoms. The number of anilines is 1. The second-order valence-corrected chi connectivity index (χ2v) is 6.94. The summed E-state index contributed by atoms with van der Waals surface area (Å²) in [5, 5.41) is 17.7. The maximum absolute atomic E-state index is 11.8. The van der Waals surface area contributed by atoms with E-state index in [0.717, 1.165) is 5.56 Å². The van der Waals surface area contributed by atoms with Crippen LogP contribution in [-0.4, -0.2) is 36.7 Å². The summed E-state index contributed by atoms with van der Waals surface area (Å²) in [6, 6.07) is 10.6. The SMILES string of the molecule is CNC[C@@H](Nc1c(CO)cnc2c(C(N)=O)cccc12)c1ccc(OC)c(Cl)c1. The van der Waals surface area contributed by atoms with Gasteiger partial charge in [-0.1, -0.05) is 29.8 Å². The van der Waals surface area contributed by atoms with Gasteiger partial charge >= 0.3 is 0 Å². The van der Waals surface area contributed by atoms with E-state index in [4.69, 9.17) is 22.1 Å². The first-order valence-corrected chi connectivity index (χ1v) is 9.43. The van der Waals surface area contributed by atoms with Crippen molar-refractivity contribution in [3.8, 4) is 5.75 Å². The summed E-state index contributed by atoms with van der Waals surface area (Å²) in [5.41, 5.74) is 8.54. The molecule has 0 saturated heterocycles. The molecule has 5 N–H and O–H groups in total. The second-order valence-electron chi connectivity index (χ2n) is 6.53. The molecule has 3 rings (SSSR count). The Morgan fingerprint density at radius 2 is 2.14 bits per heavy atom. The van der Waals surface area contributed by atoms with E-state index in [1.165, 1.54) is 0 Å². The van der Waals surface area contributed by atoms with Crippen LogP contribution in [0.25, 0.3) is 10.9 Å². The van der Waals surface area contributed by atoms with Crippen LogP contribution in [-0.2, 0) is 6.61 Å². The highest BCUT2D eigenvalue weighted by Crippen LogP contribution is 2.33. The zero-order valence-corrected chi connectivity index (χ0v) is 17.0. The summed E-state index contributed by atoms with van der Waals surface area (Å²) >= 11 is 6.31. The van der Waals surface area contributed by atoms with Crippen LogP contribution in [0.15, 0.2) is 42.6 Å². The second kappa shape index (κ2) is 9.09. The van der Waals surface area contributed by atoms with Crippen molar-refractivity contribution in [2.45, 2.75) is 12.6 Å². The van der Waals surface area contributed by atoms with Gasteiger partial charge in [0.1, 0.15) is 5.75 Å². The summed E-state index contributed by atoms with van der Waals surface area (Å²) in [7, 11) is 3.42. The Labute approximate surface area is 173 Å². The molecule has 0 unspecified atom stereocenters. The quantitative estimate of drug-likeness (QED) is 0.451. The molecule has 1 amide bonds. The van der Waals surface area contributed by atoms with Crippen LogP contribution in [0.1, 0.15) is 27.5 Å². The number of para-hydroxylation sites is 1. The Morgan fingerprint density at radius 3 is 2.76 bits per heavy atom. The average Bonchev–Trinajstić information content (AvgIpc) is 2.72. The van der Waals surface area contributed by atoms with Crippen molar-refractivity contribution in [1.29, 1.82) is 0 Å². The van der Waals surface area contributed by atoms with Gasteiger partial charge in [0.15, 0.2) is 0 Å². The number of pyridine rings is 1. The summed E-state index contributed by atoms with van der Waals surface area (Å²) < 4.78 is 5.23. The highest BCUT2D eigenvalue weighted by atomic mass is 35.5. The lowest BCUT2D eigenvalue weighted by Crippen LogP contribution is -2.24. The van der Waals surface area contributed by atoms with E-state index < -0.39 is 5.91 Å². The molecule has 0 radical (unpaired) electrons. The molecule has 3 aromatic rings. The molecule has 8 heteroatoms. The Kier molecular flexibility index (Phi) is 6.53. The molecule has 0 aliphatic heterocycles. The smallest absolute Gasteiger partial charge is 0.250 e. The standard InChI is InChI=1S/C21H23ClN4O3/c1-24-10-17(12-6-7-18(29-2)16(22)8-12)26-19-13(11-27)9-25-20-14(19)4-3-5-15(20)21(23)28/h3-9,17,24,27H,10-11H2,1-2H3,(H2,23,28)(H,25,26)/t17-/m1/s1. The van der Waals surface area contributed by atoms with Crippen molar-refractivity contribution in [3.05, 3.63) is 64.3 Å². The Hall–Kier alpha value is -2.87. The van der Waals surface area contributed by atoms with Gasteiger partial charge in [0.05, 0.1) is 41.5 Å². The zero-order valence-electron chi connectivity index (χ0n) is 16.2. The fourth-order valence-corrected chi connectivity index (χ4v) is 3.55. The Balaban J connectivity index is 2.11. The number of aliphatic hydroxyl groups excluding tert-OH is 1. The average molecular weight is 415 g/mol. The number of carbonyl (C=O) groups excluding carboxylic acids is 1. The molecule has 0 saturated carbocycles. The summed E-state index contributed by atoms with van der Waals surface area (Å²) in [6.07, 6.45) is 1.55. The Morgan fingerprint density at radius 1 is 1.34 bits per heavy atom. The zero-order chi connectivity index (χ0) is 21.0. The number of hydrogen-bond donors (Lipinski definition) is 4. The first-order valence-electron chi connectivity index (χ1n) is 9.06. The number of benzene rings is 2. The van der Waals surface area contributed by atoms with Crippen LogP contribution in [0.5, 0.6) is 5.75 Å². The molecule has 0 fully saturated rings. The minimum atomic E-state index is -0.556. The van der Waals surface area contributed by atoms with Gasteiger partial charge in [-0.05, 0) is 30.8 Å². The van der Waals surface area contributed by atoms with Crippen LogP contribution in [0.2, 0.25) is 5.02 Å². The topological polar surface area (TPSA) is 110 Å². The van der Waals surface area contributed by atoms with Crippen LogP contribution in [0.4, 0.5) is 5.69 Å². The number of fused-ring (bicyclic) bond motifs is 1. The summed E-state index contributed by atoms with van der Waals surface area (Å²) in [6.45, 7) is 0.383. The van der Waals surface area contributed by atoms with Crippen LogP contribution in [0, 0.1) is 0 Å². The van der Waals surface area contributed by atoms with Gasteiger partial charge < -0.3 is 26.2 Å². The number of likely N-dealkylation sites (N-methyl/N-ethyl adjacent to an activating group) is 1. The normalized spacial score (nSPS) is 12.0. The molecule has 1 heterocycles. The number of nitrogens with two attached hydrogens (primary N) is 1. The maximum atomic E-state index is 11.8. The largest absolute Gasteiger partial charge is 0.495 e. The number of amides is 1. The van der Waals surface area contributed by atoms with Gasteiger partial charge in [0.25, 0.3) is 5.91 Å². The lowest BCUT2D eigenvalue weighted by atomic mass is 10.0. The monoisotopic (exact) mass is 414 g/mol. The molecule has 1 atom stereocenters. The first kappa shape index (κ1) is 20.9. The lowest BCUT2D eigenvalue weighted by Gasteiger charge is -2.23. The molecule has 152 valence electrons. The van der Waals surface area contributed by atoms with Crippen molar-refractivity contribution in [1.82, 2.24) is 10.3 Å². The number of nitrogens with one attached hydrogen (secondary N) is 2. The predicted octanol–water partition coefficient (Wildman–Crippen LogP) is 2.86. The third-order valence-electron chi connectivity index (χ3n) is 4.72. The Bertz CT molecular complexity index is 1040. The number of primary amides is 1. The highest BCUT2D eigenvalue weighted by molar-refractivity contribution is 6.32.